The van der Waals surface area contributed by atoms with Crippen molar-refractivity contribution in [3.63, 3.8) is 0 Å². The molecule has 2 aromatic rings. The minimum Gasteiger partial charge on any atom is -0.509 e. The van der Waals surface area contributed by atoms with Gasteiger partial charge in [-0.1, -0.05) is 47.5 Å². The maximum atomic E-state index is 12.6. The number of carbonyl (C=O) groups excluding carboxylic acids is 3. The number of hydrogen-bond acceptors (Lipinski definition) is 7. The van der Waals surface area contributed by atoms with Crippen molar-refractivity contribution >= 4 is 23.4 Å². The predicted octanol–water partition coefficient (Wildman–Crippen LogP) is 4.68. The Kier molecular flexibility index (Phi) is 11.3. The van der Waals surface area contributed by atoms with Gasteiger partial charge >= 0.3 is 5.97 Å². The zero-order valence-electron chi connectivity index (χ0n) is 27.9. The summed E-state index contributed by atoms with van der Waals surface area (Å²) in [5.41, 5.74) is 4.84. The predicted molar refractivity (Wildman–Crippen MR) is 177 cm³/mol. The van der Waals surface area contributed by atoms with Crippen LogP contribution >= 0.6 is 0 Å². The highest BCUT2D eigenvalue weighted by molar-refractivity contribution is 6.23. The number of aliphatic hydroxyl groups excluding tert-OH is 3. The summed E-state index contributed by atoms with van der Waals surface area (Å²) in [7, 11) is 1.35. The van der Waals surface area contributed by atoms with Crippen LogP contribution in [0.3, 0.4) is 0 Å². The molecule has 2 aromatic carbocycles. The number of nitrogens with one attached hydrogen (secondary N) is 2. The lowest BCUT2D eigenvalue weighted by Crippen LogP contribution is -2.57. The van der Waals surface area contributed by atoms with Crippen LogP contribution in [0.5, 0.6) is 0 Å². The van der Waals surface area contributed by atoms with E-state index in [1.165, 1.54) is 7.11 Å². The molecular formula is C37H50N2O7. The number of ether oxygens (including phenoxy) is 1. The van der Waals surface area contributed by atoms with Crippen molar-refractivity contribution in [2.75, 3.05) is 20.3 Å². The second kappa shape index (κ2) is 14.8. The molecule has 0 aromatic heterocycles. The topological polar surface area (TPSA) is 145 Å². The van der Waals surface area contributed by atoms with E-state index in [0.29, 0.717) is 44.1 Å². The van der Waals surface area contributed by atoms with Gasteiger partial charge < -0.3 is 30.7 Å². The van der Waals surface area contributed by atoms with Crippen molar-refractivity contribution in [1.82, 2.24) is 10.6 Å². The number of esters is 1. The molecule has 1 spiro atoms. The summed E-state index contributed by atoms with van der Waals surface area (Å²) in [5, 5.41) is 35.3. The molecule has 2 aliphatic carbocycles. The number of carbonyl (C=O) groups is 3. The molecule has 0 saturated heterocycles. The molecule has 5 rings (SSSR count). The Hall–Kier alpha value is -3.69. The standard InChI is InChI=1S/C19H27NO4.C18H23NO3/c1-13-4-5-14(2)16(10-13)11-17(22)20-19(18(23)24-3)8-6-15(12-21)7-9-19;1-11-3-4-12(2)14(9-11)15-16(21)18(19-17(15)22)7-5-13(10-20)6-8-18/h4-5,10,15,21H,6-9,11-12H2,1-3H3,(H,20,22);3-4,9,13,20-21H,5-8,10H2,1-2H3,(H,19,22). The molecule has 0 bridgehead atoms. The van der Waals surface area contributed by atoms with Crippen LogP contribution in [0.4, 0.5) is 0 Å². The summed E-state index contributed by atoms with van der Waals surface area (Å²) in [6.45, 7) is 8.20. The van der Waals surface area contributed by atoms with Crippen molar-refractivity contribution in [3.8, 4) is 0 Å². The van der Waals surface area contributed by atoms with Gasteiger partial charge in [-0.05, 0) is 113 Å². The number of aryl methyl sites for hydroxylation is 4. The number of amides is 2. The van der Waals surface area contributed by atoms with Crippen molar-refractivity contribution in [2.45, 2.75) is 96.6 Å². The summed E-state index contributed by atoms with van der Waals surface area (Å²) >= 11 is 0. The number of benzene rings is 2. The molecule has 0 unspecified atom stereocenters. The highest BCUT2D eigenvalue weighted by atomic mass is 16.5. The minimum absolute atomic E-state index is 0.119. The lowest BCUT2D eigenvalue weighted by atomic mass is 9.76. The summed E-state index contributed by atoms with van der Waals surface area (Å²) in [4.78, 5) is 37.3. The van der Waals surface area contributed by atoms with E-state index in [-0.39, 0.29) is 49.0 Å². The van der Waals surface area contributed by atoms with Crippen LogP contribution in [-0.2, 0) is 25.5 Å². The van der Waals surface area contributed by atoms with Crippen LogP contribution in [0, 0.1) is 39.5 Å². The van der Waals surface area contributed by atoms with Crippen LogP contribution in [-0.4, -0.2) is 64.5 Å². The second-order valence-corrected chi connectivity index (χ2v) is 13.6. The third kappa shape index (κ3) is 7.64. The van der Waals surface area contributed by atoms with Crippen molar-refractivity contribution < 1.29 is 34.4 Å². The van der Waals surface area contributed by atoms with Crippen LogP contribution in [0.15, 0.2) is 42.2 Å². The molecule has 1 heterocycles. The van der Waals surface area contributed by atoms with Gasteiger partial charge in [-0.15, -0.1) is 0 Å². The van der Waals surface area contributed by atoms with Crippen LogP contribution in [0.1, 0.15) is 84.7 Å². The van der Waals surface area contributed by atoms with Gasteiger partial charge in [-0.3, -0.25) is 9.59 Å². The van der Waals surface area contributed by atoms with E-state index in [1.54, 1.807) is 0 Å². The molecule has 1 aliphatic heterocycles. The molecule has 5 N–H and O–H groups in total. The maximum Gasteiger partial charge on any atom is 0.331 e. The fourth-order valence-electron chi connectivity index (χ4n) is 7.06. The summed E-state index contributed by atoms with van der Waals surface area (Å²) in [5.74, 6) is -0.0974. The quantitative estimate of drug-likeness (QED) is 0.278. The summed E-state index contributed by atoms with van der Waals surface area (Å²) in [6.07, 6.45) is 5.67. The van der Waals surface area contributed by atoms with Gasteiger partial charge in [0.2, 0.25) is 5.91 Å². The summed E-state index contributed by atoms with van der Waals surface area (Å²) in [6, 6.07) is 12.0. The first-order valence-corrected chi connectivity index (χ1v) is 16.4. The number of rotatable bonds is 7. The van der Waals surface area contributed by atoms with E-state index in [2.05, 4.69) is 10.6 Å². The largest absolute Gasteiger partial charge is 0.509 e. The number of hydrogen-bond donors (Lipinski definition) is 5. The Bertz CT molecular complexity index is 1460. The molecule has 250 valence electrons. The van der Waals surface area contributed by atoms with Crippen LogP contribution in [0.25, 0.3) is 5.57 Å². The summed E-state index contributed by atoms with van der Waals surface area (Å²) < 4.78 is 4.94. The van der Waals surface area contributed by atoms with Gasteiger partial charge in [0.1, 0.15) is 11.3 Å². The molecule has 2 fully saturated rings. The molecule has 0 radical (unpaired) electrons. The lowest BCUT2D eigenvalue weighted by Gasteiger charge is -2.38. The normalized spacial score (nSPS) is 25.8. The zero-order valence-corrected chi connectivity index (χ0v) is 27.9. The fourth-order valence-corrected chi connectivity index (χ4v) is 7.06. The molecule has 9 nitrogen and oxygen atoms in total. The van der Waals surface area contributed by atoms with E-state index in [4.69, 9.17) is 4.74 Å². The monoisotopic (exact) mass is 634 g/mol. The molecule has 3 aliphatic rings. The Labute approximate surface area is 272 Å². The Morgan fingerprint density at radius 3 is 1.98 bits per heavy atom. The van der Waals surface area contributed by atoms with Crippen molar-refractivity contribution in [2.24, 2.45) is 11.8 Å². The Balaban J connectivity index is 0.000000209. The zero-order chi connectivity index (χ0) is 33.6. The molecule has 0 atom stereocenters. The van der Waals surface area contributed by atoms with Gasteiger partial charge in [0.05, 0.1) is 24.6 Å². The molecule has 2 saturated carbocycles. The third-order valence-electron chi connectivity index (χ3n) is 10.2. The third-order valence-corrected chi connectivity index (χ3v) is 10.2. The number of aliphatic hydroxyl groups is 3. The van der Waals surface area contributed by atoms with Gasteiger partial charge in [0.25, 0.3) is 5.91 Å². The van der Waals surface area contributed by atoms with Crippen LogP contribution < -0.4 is 10.6 Å². The van der Waals surface area contributed by atoms with E-state index in [9.17, 15) is 29.7 Å². The van der Waals surface area contributed by atoms with Crippen molar-refractivity contribution in [3.05, 3.63) is 75.5 Å². The molecular weight excluding hydrogens is 584 g/mol. The SMILES string of the molecule is COC(=O)C1(NC(=O)Cc2cc(C)ccc2C)CCC(CO)CC1.Cc1ccc(C)c(C2=C(O)C3(CCC(CO)CC3)NC2=O)c1. The highest BCUT2D eigenvalue weighted by Gasteiger charge is 2.48. The van der Waals surface area contributed by atoms with Gasteiger partial charge in [0.15, 0.2) is 0 Å². The maximum absolute atomic E-state index is 12.6. The average Bonchev–Trinajstić information content (AvgIpc) is 3.28. The average molecular weight is 635 g/mol. The second-order valence-electron chi connectivity index (χ2n) is 13.6. The first-order valence-electron chi connectivity index (χ1n) is 16.4. The van der Waals surface area contributed by atoms with Gasteiger partial charge in [-0.2, -0.15) is 0 Å². The van der Waals surface area contributed by atoms with Gasteiger partial charge in [0, 0.05) is 13.2 Å². The first-order chi connectivity index (χ1) is 21.9. The smallest absolute Gasteiger partial charge is 0.331 e. The van der Waals surface area contributed by atoms with Crippen molar-refractivity contribution in [1.29, 1.82) is 0 Å². The van der Waals surface area contributed by atoms with Gasteiger partial charge in [-0.25, -0.2) is 4.79 Å². The molecule has 46 heavy (non-hydrogen) atoms. The van der Waals surface area contributed by atoms with E-state index in [1.807, 2.05) is 64.1 Å². The lowest BCUT2D eigenvalue weighted by molar-refractivity contribution is -0.153. The fraction of sp³-hybridized carbons (Fsp3) is 0.541. The van der Waals surface area contributed by atoms with E-state index >= 15 is 0 Å². The molecule has 9 heteroatoms. The van der Waals surface area contributed by atoms with E-state index in [0.717, 1.165) is 46.2 Å². The first kappa shape index (κ1) is 35.2. The van der Waals surface area contributed by atoms with E-state index < -0.39 is 17.0 Å². The van der Waals surface area contributed by atoms with Crippen LogP contribution in [0.2, 0.25) is 0 Å². The molecule has 2 amide bonds. The minimum atomic E-state index is -0.963. The highest BCUT2D eigenvalue weighted by Crippen LogP contribution is 2.43. The Morgan fingerprint density at radius 1 is 0.870 bits per heavy atom. The number of methoxy groups -OCH3 is 1. The Morgan fingerprint density at radius 2 is 1.41 bits per heavy atom.